The molecule has 9 atom stereocenters. The number of rotatable bonds is 15. The molecule has 3 rings (SSSR count). The molecule has 0 radical (unpaired) electrons. The van der Waals surface area contributed by atoms with Crippen molar-refractivity contribution in [2.75, 3.05) is 19.7 Å². The first kappa shape index (κ1) is 35.9. The van der Waals surface area contributed by atoms with Crippen LogP contribution in [0.1, 0.15) is 79.6 Å². The van der Waals surface area contributed by atoms with Gasteiger partial charge in [0.1, 0.15) is 23.9 Å². The number of nitrogens with two attached hydrogens (primary N) is 1. The summed E-state index contributed by atoms with van der Waals surface area (Å²) < 4.78 is 23.1. The Labute approximate surface area is 262 Å². The van der Waals surface area contributed by atoms with Crippen molar-refractivity contribution in [3.8, 4) is 0 Å². The Morgan fingerprint density at radius 2 is 1.89 bits per heavy atom. The van der Waals surface area contributed by atoms with Crippen molar-refractivity contribution in [1.29, 1.82) is 0 Å². The molecule has 0 aromatic heterocycles. The lowest BCUT2D eigenvalue weighted by atomic mass is 9.87. The molecule has 3 aliphatic heterocycles. The topological polar surface area (TPSA) is 162 Å². The second kappa shape index (κ2) is 17.2. The van der Waals surface area contributed by atoms with Crippen LogP contribution in [0, 0.1) is 5.92 Å². The number of nitrogens with one attached hydrogen (secondary N) is 2. The lowest BCUT2D eigenvalue weighted by Crippen LogP contribution is -2.50. The minimum atomic E-state index is -0.795. The van der Waals surface area contributed by atoms with Crippen LogP contribution in [0.5, 0.6) is 0 Å². The molecule has 11 heteroatoms. The van der Waals surface area contributed by atoms with Gasteiger partial charge in [0, 0.05) is 26.0 Å². The number of aliphatic hydroxyl groups is 1. The number of carbonyl (C=O) groups is 3. The van der Waals surface area contributed by atoms with Crippen LogP contribution in [0.15, 0.2) is 36.0 Å². The Kier molecular flexibility index (Phi) is 14.0. The third kappa shape index (κ3) is 11.4. The summed E-state index contributed by atoms with van der Waals surface area (Å²) in [5.74, 6) is -0.483. The average Bonchev–Trinajstić information content (AvgIpc) is 3.73. The SMILES string of the molecule is CC(=O)O[C@@H](C)C=CC(=O)N[C@@H]1C[C@H](C)[C@H](CC=C(C)C=C[C@H]2O[C@H](CC(=O)NCCCCCN)C[C@@]3(CO3)[C@@H]2O)O[C@@H]1C. The molecule has 0 aromatic carbocycles. The van der Waals surface area contributed by atoms with Gasteiger partial charge in [-0.1, -0.05) is 37.1 Å². The molecule has 5 N–H and O–H groups in total. The lowest BCUT2D eigenvalue weighted by molar-refractivity contribution is -0.145. The molecule has 3 fully saturated rings. The number of ether oxygens (including phenoxy) is 4. The molecule has 0 aromatic rings. The van der Waals surface area contributed by atoms with Crippen LogP contribution in [0.2, 0.25) is 0 Å². The summed E-state index contributed by atoms with van der Waals surface area (Å²) in [6.07, 6.45) is 11.6. The molecular weight excluding hydrogens is 566 g/mol. The maximum Gasteiger partial charge on any atom is 0.303 e. The van der Waals surface area contributed by atoms with Crippen molar-refractivity contribution in [1.82, 2.24) is 10.6 Å². The van der Waals surface area contributed by atoms with Crippen molar-refractivity contribution in [2.24, 2.45) is 11.7 Å². The Hall–Kier alpha value is -2.57. The summed E-state index contributed by atoms with van der Waals surface area (Å²) in [6, 6.07) is -0.125. The summed E-state index contributed by atoms with van der Waals surface area (Å²) in [5.41, 5.74) is 5.89. The first-order valence-corrected chi connectivity index (χ1v) is 16.0. The van der Waals surface area contributed by atoms with Crippen LogP contribution in [0.4, 0.5) is 0 Å². The third-order valence-corrected chi connectivity index (χ3v) is 8.54. The fourth-order valence-electron chi connectivity index (χ4n) is 5.84. The molecule has 3 saturated heterocycles. The molecule has 1 spiro atoms. The van der Waals surface area contributed by atoms with Crippen molar-refractivity contribution in [3.63, 3.8) is 0 Å². The highest BCUT2D eigenvalue weighted by Crippen LogP contribution is 2.43. The number of hydrogen-bond donors (Lipinski definition) is 4. The van der Waals surface area contributed by atoms with E-state index in [-0.39, 0.29) is 48.5 Å². The predicted octanol–water partition coefficient (Wildman–Crippen LogP) is 2.61. The number of esters is 1. The van der Waals surface area contributed by atoms with Crippen LogP contribution in [0.25, 0.3) is 0 Å². The number of aliphatic hydroxyl groups excluding tert-OH is 1. The maximum atomic E-state index is 12.5. The quantitative estimate of drug-likeness (QED) is 0.0710. The predicted molar refractivity (Wildman–Crippen MR) is 166 cm³/mol. The van der Waals surface area contributed by atoms with Gasteiger partial charge in [0.15, 0.2) is 0 Å². The molecule has 44 heavy (non-hydrogen) atoms. The van der Waals surface area contributed by atoms with E-state index in [1.807, 2.05) is 26.0 Å². The Morgan fingerprint density at radius 3 is 2.57 bits per heavy atom. The standard InChI is InChI=1S/C33H53N3O8/c1-21(9-12-28-22(2)17-27(24(4)43-28)36-30(38)14-11-23(3)42-25(5)37)10-13-29-32(40)33(20-41-33)19-26(44-29)18-31(39)35-16-8-6-7-15-34/h9-11,13-14,22-24,26-29,32,40H,6-8,12,15-20,34H2,1-5H3,(H,35,39)(H,36,38)/t22-,23-,24+,26+,27+,28-,29+,32+,33+/m0/s1. The monoisotopic (exact) mass is 619 g/mol. The number of amides is 2. The summed E-state index contributed by atoms with van der Waals surface area (Å²) in [6.45, 7) is 10.8. The zero-order chi connectivity index (χ0) is 32.3. The van der Waals surface area contributed by atoms with Gasteiger partial charge in [-0.25, -0.2) is 0 Å². The molecule has 0 bridgehead atoms. The van der Waals surface area contributed by atoms with E-state index in [0.29, 0.717) is 32.5 Å². The molecular formula is C33H53N3O8. The third-order valence-electron chi connectivity index (χ3n) is 8.54. The molecule has 248 valence electrons. The minimum absolute atomic E-state index is 0.00103. The minimum Gasteiger partial charge on any atom is -0.459 e. The number of allylic oxidation sites excluding steroid dienone is 2. The normalized spacial score (nSPS) is 33.0. The summed E-state index contributed by atoms with van der Waals surface area (Å²) in [5, 5.41) is 16.9. The van der Waals surface area contributed by atoms with Gasteiger partial charge in [-0.05, 0) is 65.0 Å². The van der Waals surface area contributed by atoms with E-state index in [1.54, 1.807) is 13.0 Å². The van der Waals surface area contributed by atoms with E-state index >= 15 is 0 Å². The van der Waals surface area contributed by atoms with Gasteiger partial charge in [-0.3, -0.25) is 14.4 Å². The lowest BCUT2D eigenvalue weighted by Gasteiger charge is -2.39. The second-order valence-electron chi connectivity index (χ2n) is 12.6. The van der Waals surface area contributed by atoms with Gasteiger partial charge in [0.05, 0.1) is 37.4 Å². The van der Waals surface area contributed by atoms with E-state index < -0.39 is 29.9 Å². The molecule has 0 saturated carbocycles. The van der Waals surface area contributed by atoms with Gasteiger partial charge in [-0.15, -0.1) is 0 Å². The highest BCUT2D eigenvalue weighted by molar-refractivity contribution is 5.87. The molecule has 11 nitrogen and oxygen atoms in total. The van der Waals surface area contributed by atoms with Crippen molar-refractivity contribution in [2.45, 2.75) is 128 Å². The van der Waals surface area contributed by atoms with Gasteiger partial charge in [-0.2, -0.15) is 0 Å². The van der Waals surface area contributed by atoms with E-state index in [1.165, 1.54) is 13.0 Å². The Morgan fingerprint density at radius 1 is 1.14 bits per heavy atom. The first-order chi connectivity index (χ1) is 20.9. The fraction of sp³-hybridized carbons (Fsp3) is 0.727. The smallest absolute Gasteiger partial charge is 0.303 e. The second-order valence-corrected chi connectivity index (χ2v) is 12.6. The van der Waals surface area contributed by atoms with E-state index in [2.05, 4.69) is 23.6 Å². The van der Waals surface area contributed by atoms with Crippen LogP contribution in [-0.4, -0.2) is 90.9 Å². The highest BCUT2D eigenvalue weighted by atomic mass is 16.6. The van der Waals surface area contributed by atoms with Crippen LogP contribution >= 0.6 is 0 Å². The van der Waals surface area contributed by atoms with E-state index in [0.717, 1.165) is 31.3 Å². The van der Waals surface area contributed by atoms with Crippen LogP contribution in [0.3, 0.4) is 0 Å². The van der Waals surface area contributed by atoms with Gasteiger partial charge < -0.3 is 40.4 Å². The molecule has 0 unspecified atom stereocenters. The highest BCUT2D eigenvalue weighted by Gasteiger charge is 2.58. The summed E-state index contributed by atoms with van der Waals surface area (Å²) in [7, 11) is 0. The zero-order valence-electron chi connectivity index (χ0n) is 27.0. The van der Waals surface area contributed by atoms with Gasteiger partial charge >= 0.3 is 5.97 Å². The van der Waals surface area contributed by atoms with Crippen molar-refractivity contribution < 1.29 is 38.4 Å². The van der Waals surface area contributed by atoms with Gasteiger partial charge in [0.2, 0.25) is 11.8 Å². The molecule has 0 aliphatic carbocycles. The van der Waals surface area contributed by atoms with Crippen LogP contribution < -0.4 is 16.4 Å². The molecule has 3 aliphatic rings. The molecule has 2 amide bonds. The summed E-state index contributed by atoms with van der Waals surface area (Å²) >= 11 is 0. The van der Waals surface area contributed by atoms with Crippen molar-refractivity contribution in [3.05, 3.63) is 36.0 Å². The molecule has 3 heterocycles. The first-order valence-electron chi connectivity index (χ1n) is 16.0. The van der Waals surface area contributed by atoms with E-state index in [9.17, 15) is 19.5 Å². The number of hydrogen-bond acceptors (Lipinski definition) is 9. The van der Waals surface area contributed by atoms with Crippen LogP contribution in [-0.2, 0) is 33.3 Å². The number of carbonyl (C=O) groups excluding carboxylic acids is 3. The van der Waals surface area contributed by atoms with E-state index in [4.69, 9.17) is 24.7 Å². The number of epoxide rings is 1. The summed E-state index contributed by atoms with van der Waals surface area (Å²) in [4.78, 5) is 35.9. The Bertz CT molecular complexity index is 1060. The largest absolute Gasteiger partial charge is 0.459 e. The Balaban J connectivity index is 1.47. The maximum absolute atomic E-state index is 12.5. The zero-order valence-corrected chi connectivity index (χ0v) is 27.0. The average molecular weight is 620 g/mol. The van der Waals surface area contributed by atoms with Crippen molar-refractivity contribution >= 4 is 17.8 Å². The fourth-order valence-corrected chi connectivity index (χ4v) is 5.84. The van der Waals surface area contributed by atoms with Gasteiger partial charge in [0.25, 0.3) is 0 Å². The number of unbranched alkanes of at least 4 members (excludes halogenated alkanes) is 2.